The lowest BCUT2D eigenvalue weighted by atomic mass is 10.0. The number of benzene rings is 1. The van der Waals surface area contributed by atoms with Crippen LogP contribution >= 0.6 is 0 Å². The van der Waals surface area contributed by atoms with Crippen LogP contribution in [-0.4, -0.2) is 29.9 Å². The number of rotatable bonds is 2. The van der Waals surface area contributed by atoms with Crippen LogP contribution in [0.1, 0.15) is 25.5 Å². The average Bonchev–Trinajstić information content (AvgIpc) is 2.78. The van der Waals surface area contributed by atoms with Crippen molar-refractivity contribution in [2.75, 3.05) is 18.4 Å². The summed E-state index contributed by atoms with van der Waals surface area (Å²) in [6, 6.07) is 8.69. The Morgan fingerprint density at radius 2 is 2.05 bits per heavy atom. The van der Waals surface area contributed by atoms with E-state index in [-0.39, 0.29) is 5.91 Å². The lowest BCUT2D eigenvalue weighted by Gasteiger charge is -2.32. The van der Waals surface area contributed by atoms with Gasteiger partial charge >= 0.3 is 0 Å². The van der Waals surface area contributed by atoms with Gasteiger partial charge in [-0.3, -0.25) is 4.79 Å². The van der Waals surface area contributed by atoms with Crippen LogP contribution < -0.4 is 5.32 Å². The summed E-state index contributed by atoms with van der Waals surface area (Å²) in [5.74, 6) is 1.12. The molecule has 1 aromatic heterocycles. The van der Waals surface area contributed by atoms with E-state index >= 15 is 0 Å². The number of hydrogen-bond acceptors (Lipinski definition) is 3. The fourth-order valence-corrected chi connectivity index (χ4v) is 2.84. The van der Waals surface area contributed by atoms with Gasteiger partial charge in [0.1, 0.15) is 11.3 Å². The first-order valence-corrected chi connectivity index (χ1v) is 7.14. The van der Waals surface area contributed by atoms with Crippen LogP contribution in [0.15, 0.2) is 28.7 Å². The number of carbonyl (C=O) groups excluding carboxylic acids is 1. The van der Waals surface area contributed by atoms with Gasteiger partial charge in [-0.1, -0.05) is 0 Å². The van der Waals surface area contributed by atoms with E-state index in [0.717, 1.165) is 48.3 Å². The van der Waals surface area contributed by atoms with Gasteiger partial charge < -0.3 is 14.6 Å². The fourth-order valence-electron chi connectivity index (χ4n) is 2.84. The van der Waals surface area contributed by atoms with Crippen molar-refractivity contribution >= 4 is 22.6 Å². The summed E-state index contributed by atoms with van der Waals surface area (Å²) in [6.07, 6.45) is 2.00. The predicted molar refractivity (Wildman–Crippen MR) is 79.8 cm³/mol. The molecule has 3 rings (SSSR count). The summed E-state index contributed by atoms with van der Waals surface area (Å²) in [7, 11) is 0. The fraction of sp³-hybridized carbons (Fsp3) is 0.438. The van der Waals surface area contributed by atoms with E-state index in [0.29, 0.717) is 6.04 Å². The molecule has 0 aliphatic carbocycles. The highest BCUT2D eigenvalue weighted by Gasteiger charge is 2.20. The first kappa shape index (κ1) is 13.0. The molecule has 0 spiro atoms. The maximum absolute atomic E-state index is 11.3. The summed E-state index contributed by atoms with van der Waals surface area (Å²) in [6.45, 7) is 5.30. The van der Waals surface area contributed by atoms with Gasteiger partial charge in [-0.05, 0) is 44.0 Å². The minimum Gasteiger partial charge on any atom is -0.461 e. The maximum Gasteiger partial charge on any atom is 0.219 e. The predicted octanol–water partition coefficient (Wildman–Crippen LogP) is 3.16. The van der Waals surface area contributed by atoms with E-state index in [1.807, 2.05) is 17.9 Å². The Kier molecular flexibility index (Phi) is 3.38. The van der Waals surface area contributed by atoms with Crippen LogP contribution in [0.2, 0.25) is 0 Å². The lowest BCUT2D eigenvalue weighted by molar-refractivity contribution is -0.129. The summed E-state index contributed by atoms with van der Waals surface area (Å²) in [5, 5.41) is 4.70. The van der Waals surface area contributed by atoms with Crippen LogP contribution in [0.4, 0.5) is 5.69 Å². The molecular weight excluding hydrogens is 252 g/mol. The van der Waals surface area contributed by atoms with Gasteiger partial charge in [0, 0.05) is 37.1 Å². The number of aryl methyl sites for hydroxylation is 1. The zero-order chi connectivity index (χ0) is 14.1. The SMILES string of the molecule is CC(=O)N1CCC(Nc2ccc3oc(C)cc3c2)CC1. The molecule has 2 aromatic rings. The Labute approximate surface area is 118 Å². The van der Waals surface area contributed by atoms with Gasteiger partial charge in [0.05, 0.1) is 0 Å². The first-order chi connectivity index (χ1) is 9.61. The molecule has 1 fully saturated rings. The molecule has 2 heterocycles. The third-order valence-corrected chi connectivity index (χ3v) is 3.95. The molecule has 4 nitrogen and oxygen atoms in total. The van der Waals surface area contributed by atoms with Crippen LogP contribution in [0.25, 0.3) is 11.0 Å². The number of furan rings is 1. The van der Waals surface area contributed by atoms with Crippen molar-refractivity contribution < 1.29 is 9.21 Å². The van der Waals surface area contributed by atoms with Gasteiger partial charge in [-0.2, -0.15) is 0 Å². The number of piperidine rings is 1. The zero-order valence-corrected chi connectivity index (χ0v) is 12.0. The molecule has 4 heteroatoms. The van der Waals surface area contributed by atoms with Crippen molar-refractivity contribution in [2.24, 2.45) is 0 Å². The number of hydrogen-bond donors (Lipinski definition) is 1. The highest BCUT2D eigenvalue weighted by atomic mass is 16.3. The zero-order valence-electron chi connectivity index (χ0n) is 12.0. The van der Waals surface area contributed by atoms with Crippen molar-refractivity contribution in [3.63, 3.8) is 0 Å². The van der Waals surface area contributed by atoms with Crippen molar-refractivity contribution in [3.05, 3.63) is 30.0 Å². The van der Waals surface area contributed by atoms with E-state index < -0.39 is 0 Å². The summed E-state index contributed by atoms with van der Waals surface area (Å²) in [4.78, 5) is 13.2. The van der Waals surface area contributed by atoms with Gasteiger partial charge in [0.2, 0.25) is 5.91 Å². The minimum absolute atomic E-state index is 0.179. The summed E-state index contributed by atoms with van der Waals surface area (Å²) >= 11 is 0. The molecular formula is C16H20N2O2. The molecule has 0 atom stereocenters. The molecule has 0 radical (unpaired) electrons. The van der Waals surface area contributed by atoms with Crippen molar-refractivity contribution in [3.8, 4) is 0 Å². The van der Waals surface area contributed by atoms with Gasteiger partial charge in [-0.25, -0.2) is 0 Å². The molecule has 0 bridgehead atoms. The number of nitrogens with one attached hydrogen (secondary N) is 1. The third kappa shape index (κ3) is 2.64. The normalized spacial score (nSPS) is 16.6. The number of amides is 1. The standard InChI is InChI=1S/C16H20N2O2/c1-11-9-13-10-15(3-4-16(13)20-11)17-14-5-7-18(8-6-14)12(2)19/h3-4,9-10,14,17H,5-8H2,1-2H3. The number of fused-ring (bicyclic) bond motifs is 1. The Bertz CT molecular complexity index is 624. The monoisotopic (exact) mass is 272 g/mol. The van der Waals surface area contributed by atoms with E-state index in [4.69, 9.17) is 4.42 Å². The third-order valence-electron chi connectivity index (χ3n) is 3.95. The maximum atomic E-state index is 11.3. The van der Waals surface area contributed by atoms with E-state index in [2.05, 4.69) is 23.5 Å². The molecule has 1 saturated heterocycles. The first-order valence-electron chi connectivity index (χ1n) is 7.14. The Morgan fingerprint density at radius 3 is 2.75 bits per heavy atom. The van der Waals surface area contributed by atoms with Crippen LogP contribution in [-0.2, 0) is 4.79 Å². The van der Waals surface area contributed by atoms with E-state index in [9.17, 15) is 4.79 Å². The summed E-state index contributed by atoms with van der Waals surface area (Å²) < 4.78 is 5.58. The van der Waals surface area contributed by atoms with Crippen molar-refractivity contribution in [2.45, 2.75) is 32.7 Å². The number of likely N-dealkylation sites (tertiary alicyclic amines) is 1. The van der Waals surface area contributed by atoms with Crippen LogP contribution in [0, 0.1) is 6.92 Å². The molecule has 0 saturated carbocycles. The molecule has 1 aliphatic heterocycles. The van der Waals surface area contributed by atoms with Gasteiger partial charge in [0.15, 0.2) is 0 Å². The highest BCUT2D eigenvalue weighted by molar-refractivity contribution is 5.82. The lowest BCUT2D eigenvalue weighted by Crippen LogP contribution is -2.41. The average molecular weight is 272 g/mol. The number of anilines is 1. The molecule has 1 amide bonds. The minimum atomic E-state index is 0.179. The Hall–Kier alpha value is -1.97. The van der Waals surface area contributed by atoms with Crippen molar-refractivity contribution in [1.82, 2.24) is 4.90 Å². The van der Waals surface area contributed by atoms with E-state index in [1.165, 1.54) is 0 Å². The molecule has 1 N–H and O–H groups in total. The van der Waals surface area contributed by atoms with Crippen LogP contribution in [0.5, 0.6) is 0 Å². The Balaban J connectivity index is 1.66. The van der Waals surface area contributed by atoms with Crippen LogP contribution in [0.3, 0.4) is 0 Å². The number of carbonyl (C=O) groups is 1. The molecule has 106 valence electrons. The van der Waals surface area contributed by atoms with Gasteiger partial charge in [0.25, 0.3) is 0 Å². The quantitative estimate of drug-likeness (QED) is 0.913. The van der Waals surface area contributed by atoms with Gasteiger partial charge in [-0.15, -0.1) is 0 Å². The smallest absolute Gasteiger partial charge is 0.219 e. The molecule has 0 unspecified atom stereocenters. The molecule has 1 aliphatic rings. The van der Waals surface area contributed by atoms with Crippen molar-refractivity contribution in [1.29, 1.82) is 0 Å². The molecule has 20 heavy (non-hydrogen) atoms. The second-order valence-electron chi connectivity index (χ2n) is 5.53. The largest absolute Gasteiger partial charge is 0.461 e. The van der Waals surface area contributed by atoms with E-state index in [1.54, 1.807) is 6.92 Å². The highest BCUT2D eigenvalue weighted by Crippen LogP contribution is 2.24. The number of nitrogens with zero attached hydrogens (tertiary/aromatic N) is 1. The topological polar surface area (TPSA) is 45.5 Å². The molecule has 1 aromatic carbocycles. The second-order valence-corrected chi connectivity index (χ2v) is 5.53. The Morgan fingerprint density at radius 1 is 1.30 bits per heavy atom. The summed E-state index contributed by atoms with van der Waals surface area (Å²) in [5.41, 5.74) is 2.05. The second kappa shape index (κ2) is 5.19.